The number of aliphatic hydroxyl groups is 4. The summed E-state index contributed by atoms with van der Waals surface area (Å²) in [6, 6.07) is 0. The van der Waals surface area contributed by atoms with Crippen LogP contribution in [0.2, 0.25) is 0 Å². The Balaban J connectivity index is 2.60. The molecule has 0 radical (unpaired) electrons. The van der Waals surface area contributed by atoms with Crippen molar-refractivity contribution < 1.29 is 53.7 Å². The number of ether oxygens (including phenoxy) is 5. The minimum atomic E-state index is -1.16. The predicted molar refractivity (Wildman–Crippen MR) is 208 cm³/mol. The van der Waals surface area contributed by atoms with E-state index in [0.29, 0.717) is 12.8 Å². The van der Waals surface area contributed by atoms with Gasteiger partial charge in [-0.05, 0) is 38.5 Å². The molecule has 0 aromatic heterocycles. The topological polar surface area (TPSA) is 161 Å². The molecule has 0 aromatic carbocycles. The highest BCUT2D eigenvalue weighted by Gasteiger charge is 2.46. The molecule has 1 fully saturated rings. The average molecular weight is 759 g/mol. The van der Waals surface area contributed by atoms with Crippen molar-refractivity contribution in [3.63, 3.8) is 0 Å². The Bertz CT molecular complexity index is 885. The second-order valence-electron chi connectivity index (χ2n) is 14.8. The van der Waals surface area contributed by atoms with Crippen molar-refractivity contribution in [1.82, 2.24) is 0 Å². The van der Waals surface area contributed by atoms with Crippen molar-refractivity contribution in [3.05, 3.63) is 12.2 Å². The molecule has 0 aromatic rings. The van der Waals surface area contributed by atoms with Gasteiger partial charge in [0.05, 0.1) is 33.0 Å². The Labute approximate surface area is 321 Å². The minimum Gasteiger partial charge on any atom is -0.462 e. The van der Waals surface area contributed by atoms with Gasteiger partial charge in [-0.25, -0.2) is 0 Å². The lowest BCUT2D eigenvalue weighted by Gasteiger charge is -2.29. The first-order chi connectivity index (χ1) is 25.9. The molecule has 0 amide bonds. The fourth-order valence-corrected chi connectivity index (χ4v) is 6.42. The molecular weight excluding hydrogens is 680 g/mol. The van der Waals surface area contributed by atoms with Gasteiger partial charge in [-0.3, -0.25) is 9.59 Å². The Kier molecular flexibility index (Phi) is 32.5. The highest BCUT2D eigenvalue weighted by atomic mass is 16.6. The molecule has 11 heteroatoms. The molecule has 4 N–H and O–H groups in total. The van der Waals surface area contributed by atoms with Crippen LogP contribution in [-0.4, -0.2) is 109 Å². The van der Waals surface area contributed by atoms with Crippen LogP contribution in [0, 0.1) is 0 Å². The third kappa shape index (κ3) is 26.8. The van der Waals surface area contributed by atoms with Gasteiger partial charge in [0.15, 0.2) is 6.10 Å². The molecule has 1 aliphatic heterocycles. The highest BCUT2D eigenvalue weighted by Crippen LogP contribution is 2.27. The molecule has 1 aliphatic rings. The van der Waals surface area contributed by atoms with Crippen molar-refractivity contribution in [2.45, 2.75) is 205 Å². The van der Waals surface area contributed by atoms with Crippen molar-refractivity contribution >= 4 is 11.9 Å². The summed E-state index contributed by atoms with van der Waals surface area (Å²) in [7, 11) is 0. The monoisotopic (exact) mass is 759 g/mol. The zero-order valence-electron chi connectivity index (χ0n) is 33.5. The number of aliphatic hydroxyl groups excluding tert-OH is 4. The van der Waals surface area contributed by atoms with E-state index in [9.17, 15) is 30.0 Å². The van der Waals surface area contributed by atoms with Crippen molar-refractivity contribution in [3.8, 4) is 0 Å². The summed E-state index contributed by atoms with van der Waals surface area (Å²) >= 11 is 0. The zero-order valence-corrected chi connectivity index (χ0v) is 33.5. The van der Waals surface area contributed by atoms with Gasteiger partial charge in [-0.1, -0.05) is 129 Å². The molecule has 0 saturated carbocycles. The first-order valence-corrected chi connectivity index (χ1v) is 21.3. The smallest absolute Gasteiger partial charge is 0.306 e. The lowest BCUT2D eigenvalue weighted by Crippen LogP contribution is -2.47. The van der Waals surface area contributed by atoms with E-state index in [4.69, 9.17) is 23.7 Å². The maximum Gasteiger partial charge on any atom is 0.306 e. The number of hydrogen-bond acceptors (Lipinski definition) is 11. The predicted octanol–water partition coefficient (Wildman–Crippen LogP) is 7.28. The fourth-order valence-electron chi connectivity index (χ4n) is 6.42. The fraction of sp³-hybridized carbons (Fsp3) is 0.905. The standard InChI is InChI=1S/C42H78O11/c1-3-5-7-9-11-13-14-15-16-17-18-20-21-23-25-27-39(47)50-34-38(53-40(48)28-26-24-22-19-12-10-8-6-4-2)42-41(51-32-36(46)30-44)37(33-52-42)49-31-35(45)29-43/h15-16,35-38,41-46H,3-14,17-34H2,1-2H3/b16-15-/t35?,36?,37-,38+,41+,42+/m0/s1. The molecule has 0 spiro atoms. The second-order valence-corrected chi connectivity index (χ2v) is 14.8. The zero-order chi connectivity index (χ0) is 38.8. The van der Waals surface area contributed by atoms with E-state index in [1.807, 2.05) is 0 Å². The van der Waals surface area contributed by atoms with Gasteiger partial charge in [-0.2, -0.15) is 0 Å². The largest absolute Gasteiger partial charge is 0.462 e. The normalized spacial score (nSPS) is 19.1. The number of allylic oxidation sites excluding steroid dienone is 2. The van der Waals surface area contributed by atoms with Crippen LogP contribution in [0.4, 0.5) is 0 Å². The van der Waals surface area contributed by atoms with Crippen LogP contribution in [0.5, 0.6) is 0 Å². The number of esters is 2. The van der Waals surface area contributed by atoms with Crippen LogP contribution in [0.3, 0.4) is 0 Å². The van der Waals surface area contributed by atoms with Gasteiger partial charge in [0.1, 0.15) is 37.1 Å². The van der Waals surface area contributed by atoms with Crippen LogP contribution < -0.4 is 0 Å². The van der Waals surface area contributed by atoms with Crippen molar-refractivity contribution in [2.75, 3.05) is 39.6 Å². The molecule has 312 valence electrons. The minimum absolute atomic E-state index is 0.0257. The Morgan fingerprint density at radius 1 is 0.623 bits per heavy atom. The van der Waals surface area contributed by atoms with Crippen LogP contribution >= 0.6 is 0 Å². The van der Waals surface area contributed by atoms with Crippen LogP contribution in [0.25, 0.3) is 0 Å². The SMILES string of the molecule is CCCCCCCC/C=C\CCCCCCCC(=O)OC[C@@H](OC(=O)CCCCCCCCCCC)[C@H]1OC[C@H](OCC(O)CO)[C@H]1OCC(O)CO. The molecule has 1 saturated heterocycles. The number of hydrogen-bond donors (Lipinski definition) is 4. The number of carbonyl (C=O) groups excluding carboxylic acids is 2. The van der Waals surface area contributed by atoms with Gasteiger partial charge >= 0.3 is 11.9 Å². The highest BCUT2D eigenvalue weighted by molar-refractivity contribution is 5.70. The molecule has 1 heterocycles. The Morgan fingerprint density at radius 3 is 1.58 bits per heavy atom. The van der Waals surface area contributed by atoms with Crippen LogP contribution in [0.1, 0.15) is 168 Å². The molecule has 0 bridgehead atoms. The van der Waals surface area contributed by atoms with Gasteiger partial charge < -0.3 is 44.1 Å². The molecule has 11 nitrogen and oxygen atoms in total. The molecular formula is C42H78O11. The van der Waals surface area contributed by atoms with Gasteiger partial charge in [0, 0.05) is 12.8 Å². The first kappa shape index (κ1) is 49.4. The van der Waals surface area contributed by atoms with E-state index in [2.05, 4.69) is 26.0 Å². The number of carbonyl (C=O) groups is 2. The van der Waals surface area contributed by atoms with E-state index in [-0.39, 0.29) is 45.2 Å². The lowest BCUT2D eigenvalue weighted by molar-refractivity contribution is -0.175. The van der Waals surface area contributed by atoms with E-state index >= 15 is 0 Å². The maximum atomic E-state index is 13.0. The van der Waals surface area contributed by atoms with Crippen molar-refractivity contribution in [2.24, 2.45) is 0 Å². The Hall–Kier alpha value is -1.60. The maximum absolute atomic E-state index is 13.0. The van der Waals surface area contributed by atoms with E-state index in [0.717, 1.165) is 51.4 Å². The molecule has 1 rings (SSSR count). The lowest BCUT2D eigenvalue weighted by atomic mass is 10.1. The second kappa shape index (κ2) is 34.9. The molecule has 0 aliphatic carbocycles. The third-order valence-corrected chi connectivity index (χ3v) is 9.73. The van der Waals surface area contributed by atoms with Gasteiger partial charge in [0.25, 0.3) is 0 Å². The third-order valence-electron chi connectivity index (χ3n) is 9.73. The summed E-state index contributed by atoms with van der Waals surface area (Å²) in [5.74, 6) is -0.809. The Morgan fingerprint density at radius 2 is 1.08 bits per heavy atom. The average Bonchev–Trinajstić information content (AvgIpc) is 3.57. The quantitative estimate of drug-likeness (QED) is 0.0286. The van der Waals surface area contributed by atoms with Crippen LogP contribution in [0.15, 0.2) is 12.2 Å². The molecule has 6 atom stereocenters. The number of unbranched alkanes of at least 4 members (excludes halogenated alkanes) is 19. The summed E-state index contributed by atoms with van der Waals surface area (Å²) in [5.41, 5.74) is 0. The van der Waals surface area contributed by atoms with Gasteiger partial charge in [-0.15, -0.1) is 0 Å². The van der Waals surface area contributed by atoms with E-state index < -0.39 is 55.8 Å². The first-order valence-electron chi connectivity index (χ1n) is 21.3. The van der Waals surface area contributed by atoms with E-state index in [1.54, 1.807) is 0 Å². The van der Waals surface area contributed by atoms with Crippen LogP contribution in [-0.2, 0) is 33.3 Å². The van der Waals surface area contributed by atoms with Gasteiger partial charge in [0.2, 0.25) is 0 Å². The summed E-state index contributed by atoms with van der Waals surface area (Å²) in [6.45, 7) is 2.82. The molecule has 53 heavy (non-hydrogen) atoms. The van der Waals surface area contributed by atoms with Crippen molar-refractivity contribution in [1.29, 1.82) is 0 Å². The number of rotatable bonds is 37. The van der Waals surface area contributed by atoms with E-state index in [1.165, 1.54) is 77.0 Å². The summed E-state index contributed by atoms with van der Waals surface area (Å²) < 4.78 is 29.1. The summed E-state index contributed by atoms with van der Waals surface area (Å²) in [6.07, 6.45) is 24.6. The molecule has 2 unspecified atom stereocenters. The summed E-state index contributed by atoms with van der Waals surface area (Å²) in [4.78, 5) is 25.8. The summed E-state index contributed by atoms with van der Waals surface area (Å²) in [5, 5.41) is 38.4.